The predicted octanol–water partition coefficient (Wildman–Crippen LogP) is 2.26. The maximum absolute atomic E-state index is 6.26. The topological polar surface area (TPSA) is 53.7 Å². The first-order valence-corrected chi connectivity index (χ1v) is 6.89. The minimum atomic E-state index is -0.246. The van der Waals surface area contributed by atoms with Gasteiger partial charge in [0.05, 0.1) is 32.5 Å². The zero-order chi connectivity index (χ0) is 13.0. The average Bonchev–Trinajstić information content (AvgIpc) is 2.41. The molecule has 0 saturated carbocycles. The molecule has 0 radical (unpaired) electrons. The van der Waals surface area contributed by atoms with Crippen LogP contribution in [0.1, 0.15) is 18.5 Å². The van der Waals surface area contributed by atoms with Crippen LogP contribution >= 0.6 is 15.9 Å². The van der Waals surface area contributed by atoms with Gasteiger partial charge in [-0.3, -0.25) is 0 Å². The first-order valence-electron chi connectivity index (χ1n) is 6.09. The first-order chi connectivity index (χ1) is 8.72. The summed E-state index contributed by atoms with van der Waals surface area (Å²) in [4.78, 5) is 0. The van der Waals surface area contributed by atoms with E-state index in [2.05, 4.69) is 15.9 Å². The summed E-state index contributed by atoms with van der Waals surface area (Å²) in [5, 5.41) is 0. The fraction of sp³-hybridized carbons (Fsp3) is 0.538. The zero-order valence-electron chi connectivity index (χ0n) is 10.4. The van der Waals surface area contributed by atoms with Gasteiger partial charge >= 0.3 is 0 Å². The maximum Gasteiger partial charge on any atom is 0.124 e. The lowest BCUT2D eigenvalue weighted by atomic mass is 10.0. The molecule has 100 valence electrons. The van der Waals surface area contributed by atoms with Crippen molar-refractivity contribution in [2.45, 2.75) is 19.1 Å². The standard InChI is InChI=1S/C13H18BrNO3/c1-2-17-11-4-3-9(14)7-10(11)13(15)12-8-16-5-6-18-12/h3-4,7,12-13H,2,5-6,8,15H2,1H3. The maximum atomic E-state index is 6.26. The molecule has 2 unspecified atom stereocenters. The number of hydrogen-bond donors (Lipinski definition) is 1. The van der Waals surface area contributed by atoms with Gasteiger partial charge in [-0.05, 0) is 25.1 Å². The molecule has 0 aliphatic carbocycles. The van der Waals surface area contributed by atoms with Crippen LogP contribution in [0.2, 0.25) is 0 Å². The van der Waals surface area contributed by atoms with Crippen molar-refractivity contribution in [2.75, 3.05) is 26.4 Å². The Kier molecular flexibility index (Phi) is 5.00. The van der Waals surface area contributed by atoms with E-state index in [0.717, 1.165) is 15.8 Å². The molecule has 1 saturated heterocycles. The third-order valence-electron chi connectivity index (χ3n) is 2.87. The van der Waals surface area contributed by atoms with Crippen molar-refractivity contribution < 1.29 is 14.2 Å². The number of hydrogen-bond acceptors (Lipinski definition) is 4. The van der Waals surface area contributed by atoms with E-state index in [1.807, 2.05) is 25.1 Å². The lowest BCUT2D eigenvalue weighted by Gasteiger charge is -2.29. The third kappa shape index (κ3) is 3.23. The van der Waals surface area contributed by atoms with Gasteiger partial charge in [0.1, 0.15) is 11.9 Å². The summed E-state index contributed by atoms with van der Waals surface area (Å²) in [5.74, 6) is 0.808. The first kappa shape index (κ1) is 13.8. The van der Waals surface area contributed by atoms with E-state index < -0.39 is 0 Å². The molecule has 1 aromatic rings. The quantitative estimate of drug-likeness (QED) is 0.926. The third-order valence-corrected chi connectivity index (χ3v) is 3.37. The van der Waals surface area contributed by atoms with Crippen molar-refractivity contribution in [3.8, 4) is 5.75 Å². The number of ether oxygens (including phenoxy) is 3. The van der Waals surface area contributed by atoms with Crippen LogP contribution in [0.4, 0.5) is 0 Å². The molecular formula is C13H18BrNO3. The smallest absolute Gasteiger partial charge is 0.124 e. The molecule has 1 aliphatic heterocycles. The summed E-state index contributed by atoms with van der Waals surface area (Å²) in [6.45, 7) is 4.33. The van der Waals surface area contributed by atoms with Gasteiger partial charge in [-0.15, -0.1) is 0 Å². The van der Waals surface area contributed by atoms with Crippen molar-refractivity contribution >= 4 is 15.9 Å². The number of benzene rings is 1. The highest BCUT2D eigenvalue weighted by Gasteiger charge is 2.26. The van der Waals surface area contributed by atoms with Crippen LogP contribution in [0, 0.1) is 0 Å². The molecule has 18 heavy (non-hydrogen) atoms. The van der Waals surface area contributed by atoms with E-state index >= 15 is 0 Å². The Balaban J connectivity index is 2.21. The van der Waals surface area contributed by atoms with Crippen LogP contribution in [0.5, 0.6) is 5.75 Å². The molecule has 0 bridgehead atoms. The molecule has 1 fully saturated rings. The van der Waals surface area contributed by atoms with Gasteiger partial charge in [0.25, 0.3) is 0 Å². The SMILES string of the molecule is CCOc1ccc(Br)cc1C(N)C1COCCO1. The Bertz CT molecular complexity index is 394. The lowest BCUT2D eigenvalue weighted by molar-refractivity contribution is -0.0977. The van der Waals surface area contributed by atoms with Crippen LogP contribution in [-0.2, 0) is 9.47 Å². The molecule has 2 atom stereocenters. The second-order valence-corrected chi connectivity index (χ2v) is 5.04. The van der Waals surface area contributed by atoms with E-state index in [1.54, 1.807) is 0 Å². The lowest BCUT2D eigenvalue weighted by Crippen LogP contribution is -2.38. The van der Waals surface area contributed by atoms with Crippen LogP contribution in [0.25, 0.3) is 0 Å². The van der Waals surface area contributed by atoms with Crippen molar-refractivity contribution in [1.29, 1.82) is 0 Å². The Morgan fingerprint density at radius 1 is 1.50 bits per heavy atom. The molecule has 2 rings (SSSR count). The summed E-state index contributed by atoms with van der Waals surface area (Å²) < 4.78 is 17.6. The molecule has 0 aromatic heterocycles. The van der Waals surface area contributed by atoms with Gasteiger partial charge in [0.2, 0.25) is 0 Å². The van der Waals surface area contributed by atoms with E-state index in [-0.39, 0.29) is 12.1 Å². The second kappa shape index (κ2) is 6.52. The monoisotopic (exact) mass is 315 g/mol. The molecule has 4 nitrogen and oxygen atoms in total. The van der Waals surface area contributed by atoms with Crippen LogP contribution in [-0.4, -0.2) is 32.5 Å². The number of halogens is 1. The highest BCUT2D eigenvalue weighted by molar-refractivity contribution is 9.10. The van der Waals surface area contributed by atoms with E-state index in [1.165, 1.54) is 0 Å². The largest absolute Gasteiger partial charge is 0.494 e. The second-order valence-electron chi connectivity index (χ2n) is 4.13. The molecule has 0 spiro atoms. The van der Waals surface area contributed by atoms with Crippen molar-refractivity contribution in [3.63, 3.8) is 0 Å². The number of nitrogens with two attached hydrogens (primary N) is 1. The van der Waals surface area contributed by atoms with E-state index in [9.17, 15) is 0 Å². The van der Waals surface area contributed by atoms with Gasteiger partial charge in [0, 0.05) is 10.0 Å². The summed E-state index contributed by atoms with van der Waals surface area (Å²) in [7, 11) is 0. The molecule has 5 heteroatoms. The van der Waals surface area contributed by atoms with Crippen molar-refractivity contribution in [2.24, 2.45) is 5.73 Å². The van der Waals surface area contributed by atoms with Crippen molar-refractivity contribution in [3.05, 3.63) is 28.2 Å². The molecule has 2 N–H and O–H groups in total. The number of rotatable bonds is 4. The predicted molar refractivity (Wildman–Crippen MR) is 72.8 cm³/mol. The Morgan fingerprint density at radius 3 is 3.00 bits per heavy atom. The minimum absolute atomic E-state index is 0.118. The summed E-state index contributed by atoms with van der Waals surface area (Å²) in [6, 6.07) is 5.60. The molecule has 1 heterocycles. The van der Waals surface area contributed by atoms with Crippen LogP contribution in [0.3, 0.4) is 0 Å². The summed E-state index contributed by atoms with van der Waals surface area (Å²) in [5.41, 5.74) is 7.21. The van der Waals surface area contributed by atoms with Gasteiger partial charge < -0.3 is 19.9 Å². The highest BCUT2D eigenvalue weighted by Crippen LogP contribution is 2.30. The van der Waals surface area contributed by atoms with Gasteiger partial charge in [-0.2, -0.15) is 0 Å². The molecule has 0 amide bonds. The molecule has 1 aliphatic rings. The average molecular weight is 316 g/mol. The fourth-order valence-corrected chi connectivity index (χ4v) is 2.36. The Hall–Kier alpha value is -0.620. The fourth-order valence-electron chi connectivity index (χ4n) is 1.98. The van der Waals surface area contributed by atoms with Gasteiger partial charge in [-0.1, -0.05) is 15.9 Å². The normalized spacial score (nSPS) is 21.6. The molecule has 1 aromatic carbocycles. The van der Waals surface area contributed by atoms with Gasteiger partial charge in [0.15, 0.2) is 0 Å². The van der Waals surface area contributed by atoms with Gasteiger partial charge in [-0.25, -0.2) is 0 Å². The van der Waals surface area contributed by atoms with E-state index in [4.69, 9.17) is 19.9 Å². The Labute approximate surface area is 116 Å². The van der Waals surface area contributed by atoms with Crippen LogP contribution in [0.15, 0.2) is 22.7 Å². The van der Waals surface area contributed by atoms with Crippen LogP contribution < -0.4 is 10.5 Å². The van der Waals surface area contributed by atoms with E-state index in [0.29, 0.717) is 26.4 Å². The zero-order valence-corrected chi connectivity index (χ0v) is 12.0. The molecular weight excluding hydrogens is 298 g/mol. The minimum Gasteiger partial charge on any atom is -0.494 e. The van der Waals surface area contributed by atoms with Crippen molar-refractivity contribution in [1.82, 2.24) is 0 Å². The summed E-state index contributed by atoms with van der Waals surface area (Å²) in [6.07, 6.45) is -0.118. The summed E-state index contributed by atoms with van der Waals surface area (Å²) >= 11 is 3.46. The highest BCUT2D eigenvalue weighted by atomic mass is 79.9. The Morgan fingerprint density at radius 2 is 2.33 bits per heavy atom.